The minimum atomic E-state index is -0.472. The fourth-order valence-electron chi connectivity index (χ4n) is 3.08. The lowest BCUT2D eigenvalue weighted by molar-refractivity contribution is -0.384. The molecule has 0 bridgehead atoms. The van der Waals surface area contributed by atoms with Gasteiger partial charge in [0.25, 0.3) is 5.69 Å². The van der Waals surface area contributed by atoms with Crippen LogP contribution >= 0.6 is 11.6 Å². The van der Waals surface area contributed by atoms with Gasteiger partial charge in [0.2, 0.25) is 0 Å². The van der Waals surface area contributed by atoms with E-state index < -0.39 is 4.92 Å². The molecule has 0 N–H and O–H groups in total. The van der Waals surface area contributed by atoms with Crippen molar-refractivity contribution in [2.45, 2.75) is 20.0 Å². The number of aryl methyl sites for hydroxylation is 1. The lowest BCUT2D eigenvalue weighted by Gasteiger charge is -2.12. The number of nitriles is 2. The maximum Gasteiger partial charge on any atom is 0.269 e. The molecule has 158 valence electrons. The summed E-state index contributed by atoms with van der Waals surface area (Å²) in [6.07, 6.45) is 1.70. The number of hydrogen-bond donors (Lipinski definition) is 0. The number of benzene rings is 2. The van der Waals surface area contributed by atoms with E-state index in [1.165, 1.54) is 18.3 Å². The molecule has 2 aromatic carbocycles. The highest BCUT2D eigenvalue weighted by molar-refractivity contribution is 6.30. The Bertz CT molecular complexity index is 1260. The van der Waals surface area contributed by atoms with E-state index in [2.05, 4.69) is 22.3 Å². The number of non-ortho nitro benzene ring substituents is 1. The van der Waals surface area contributed by atoms with Crippen LogP contribution in [0.4, 0.5) is 5.69 Å². The van der Waals surface area contributed by atoms with Gasteiger partial charge in [0.1, 0.15) is 18.7 Å². The van der Waals surface area contributed by atoms with Crippen LogP contribution in [0.15, 0.2) is 53.7 Å². The maximum absolute atomic E-state index is 10.7. The summed E-state index contributed by atoms with van der Waals surface area (Å²) in [6.45, 7) is 1.85. The molecule has 1 aromatic heterocycles. The lowest BCUT2D eigenvalue weighted by atomic mass is 9.93. The number of nitro benzene ring substituents is 1. The van der Waals surface area contributed by atoms with Gasteiger partial charge in [0.05, 0.1) is 27.4 Å². The quantitative estimate of drug-likeness (QED) is 0.282. The van der Waals surface area contributed by atoms with Gasteiger partial charge in [-0.3, -0.25) is 15.1 Å². The van der Waals surface area contributed by atoms with Crippen molar-refractivity contribution in [3.63, 3.8) is 0 Å². The largest absolute Gasteiger partial charge is 0.391 e. The van der Waals surface area contributed by atoms with Crippen LogP contribution in [0.1, 0.15) is 28.1 Å². The van der Waals surface area contributed by atoms with Crippen molar-refractivity contribution in [2.75, 3.05) is 0 Å². The van der Waals surface area contributed by atoms with Crippen LogP contribution in [0.3, 0.4) is 0 Å². The Morgan fingerprint density at radius 1 is 1.12 bits per heavy atom. The topological polar surface area (TPSA) is 125 Å². The normalized spacial score (nSPS) is 10.5. The Kier molecular flexibility index (Phi) is 7.12. The minimum absolute atomic E-state index is 0.0000332. The second-order valence-electron chi connectivity index (χ2n) is 6.69. The van der Waals surface area contributed by atoms with Gasteiger partial charge in [-0.2, -0.15) is 10.5 Å². The van der Waals surface area contributed by atoms with E-state index in [0.29, 0.717) is 33.1 Å². The number of rotatable bonds is 7. The highest BCUT2D eigenvalue weighted by atomic mass is 35.5. The van der Waals surface area contributed by atoms with Crippen LogP contribution in [0.5, 0.6) is 0 Å². The number of aromatic nitrogens is 1. The molecule has 3 aromatic rings. The first-order valence-corrected chi connectivity index (χ1v) is 9.79. The molecule has 0 fully saturated rings. The average Bonchev–Trinajstić information content (AvgIpc) is 2.79. The van der Waals surface area contributed by atoms with Crippen LogP contribution < -0.4 is 0 Å². The molecule has 3 rings (SSSR count). The van der Waals surface area contributed by atoms with Crippen molar-refractivity contribution in [2.24, 2.45) is 5.16 Å². The van der Waals surface area contributed by atoms with E-state index in [0.717, 1.165) is 5.56 Å². The molecule has 0 radical (unpaired) electrons. The molecule has 0 amide bonds. The Morgan fingerprint density at radius 2 is 1.78 bits per heavy atom. The molecule has 8 nitrogen and oxygen atoms in total. The van der Waals surface area contributed by atoms with Crippen molar-refractivity contribution in [1.82, 2.24) is 4.98 Å². The van der Waals surface area contributed by atoms with Gasteiger partial charge in [0.15, 0.2) is 0 Å². The van der Waals surface area contributed by atoms with Gasteiger partial charge in [-0.25, -0.2) is 0 Å². The monoisotopic (exact) mass is 445 g/mol. The van der Waals surface area contributed by atoms with Gasteiger partial charge in [-0.15, -0.1) is 0 Å². The highest BCUT2D eigenvalue weighted by Gasteiger charge is 2.19. The van der Waals surface area contributed by atoms with Crippen LogP contribution in [0.25, 0.3) is 11.1 Å². The average molecular weight is 446 g/mol. The number of pyridine rings is 1. The minimum Gasteiger partial charge on any atom is -0.391 e. The number of halogens is 1. The number of hydrogen-bond acceptors (Lipinski definition) is 7. The Balaban J connectivity index is 1.79. The zero-order valence-electron chi connectivity index (χ0n) is 16.9. The summed E-state index contributed by atoms with van der Waals surface area (Å²) >= 11 is 5.97. The van der Waals surface area contributed by atoms with Gasteiger partial charge in [-0.1, -0.05) is 28.9 Å². The van der Waals surface area contributed by atoms with E-state index in [1.807, 2.05) is 0 Å². The maximum atomic E-state index is 10.7. The van der Waals surface area contributed by atoms with E-state index in [-0.39, 0.29) is 24.3 Å². The van der Waals surface area contributed by atoms with Crippen LogP contribution in [-0.4, -0.2) is 16.1 Å². The summed E-state index contributed by atoms with van der Waals surface area (Å²) in [5, 5.41) is 34.5. The van der Waals surface area contributed by atoms with Crippen molar-refractivity contribution in [3.05, 3.63) is 91.7 Å². The molecule has 0 spiro atoms. The Hall–Kier alpha value is -4.27. The first kappa shape index (κ1) is 22.4. The zero-order chi connectivity index (χ0) is 23.1. The smallest absolute Gasteiger partial charge is 0.269 e. The van der Waals surface area contributed by atoms with Gasteiger partial charge < -0.3 is 4.84 Å². The summed E-state index contributed by atoms with van der Waals surface area (Å²) in [7, 11) is 0. The molecule has 0 aliphatic heterocycles. The zero-order valence-corrected chi connectivity index (χ0v) is 17.7. The number of nitrogens with zero attached hydrogens (tertiary/aromatic N) is 5. The predicted octanol–water partition coefficient (Wildman–Crippen LogP) is 5.11. The fourth-order valence-corrected chi connectivity index (χ4v) is 3.20. The molecular formula is C23H16ClN5O3. The van der Waals surface area contributed by atoms with Crippen molar-refractivity contribution in [3.8, 4) is 23.3 Å². The van der Waals surface area contributed by atoms with Crippen LogP contribution in [-0.2, 0) is 17.9 Å². The molecule has 0 saturated carbocycles. The molecule has 0 unspecified atom stereocenters. The summed E-state index contributed by atoms with van der Waals surface area (Å²) in [5.41, 5.74) is 3.52. The number of oxime groups is 1. The second-order valence-corrected chi connectivity index (χ2v) is 7.12. The molecule has 9 heteroatoms. The van der Waals surface area contributed by atoms with E-state index in [9.17, 15) is 20.6 Å². The molecule has 32 heavy (non-hydrogen) atoms. The van der Waals surface area contributed by atoms with Crippen molar-refractivity contribution in [1.29, 1.82) is 10.5 Å². The van der Waals surface area contributed by atoms with Gasteiger partial charge in [0, 0.05) is 35.4 Å². The summed E-state index contributed by atoms with van der Waals surface area (Å²) < 4.78 is 0. The standard InChI is InChI=1S/C23H16ClN5O3/c1-15-20(12-25)23(17-4-6-18(24)7-5-17)21(13-26)22(28-15)10-11-27-32-14-16-2-8-19(9-3-16)29(30)31/h2-9,11H,10,14H2,1H3/b27-11+. The first-order valence-electron chi connectivity index (χ1n) is 9.41. The van der Waals surface area contributed by atoms with E-state index in [4.69, 9.17) is 16.4 Å². The summed E-state index contributed by atoms with van der Waals surface area (Å²) in [5.74, 6) is 0. The van der Waals surface area contributed by atoms with Gasteiger partial charge >= 0.3 is 0 Å². The lowest BCUT2D eigenvalue weighted by Crippen LogP contribution is -2.05. The molecule has 0 saturated heterocycles. The molecule has 1 heterocycles. The molecule has 0 aliphatic carbocycles. The van der Waals surface area contributed by atoms with Crippen molar-refractivity contribution < 1.29 is 9.76 Å². The summed E-state index contributed by atoms with van der Waals surface area (Å²) in [4.78, 5) is 19.9. The third kappa shape index (κ3) is 5.07. The molecule has 0 atom stereocenters. The molecule has 0 aliphatic rings. The van der Waals surface area contributed by atoms with E-state index >= 15 is 0 Å². The SMILES string of the molecule is Cc1nc(C/C=N/OCc2ccc([N+](=O)[O-])cc2)c(C#N)c(-c2ccc(Cl)cc2)c1C#N. The molecular weight excluding hydrogens is 430 g/mol. The fraction of sp³-hybridized carbons (Fsp3) is 0.130. The van der Waals surface area contributed by atoms with Crippen molar-refractivity contribution >= 4 is 23.5 Å². The first-order chi connectivity index (χ1) is 15.4. The van der Waals surface area contributed by atoms with Gasteiger partial charge in [-0.05, 0) is 42.3 Å². The highest BCUT2D eigenvalue weighted by Crippen LogP contribution is 2.31. The Morgan fingerprint density at radius 3 is 2.38 bits per heavy atom. The second kappa shape index (κ2) is 10.2. The number of nitro groups is 1. The predicted molar refractivity (Wildman–Crippen MR) is 119 cm³/mol. The van der Waals surface area contributed by atoms with Crippen LogP contribution in [0.2, 0.25) is 5.02 Å². The third-order valence-corrected chi connectivity index (χ3v) is 4.87. The Labute approximate surface area is 189 Å². The summed E-state index contributed by atoms with van der Waals surface area (Å²) in [6, 6.07) is 17.2. The van der Waals surface area contributed by atoms with Crippen LogP contribution in [0, 0.1) is 39.7 Å². The third-order valence-electron chi connectivity index (χ3n) is 4.62. The van der Waals surface area contributed by atoms with E-state index in [1.54, 1.807) is 43.3 Å².